The number of rotatable bonds is 6. The zero-order valence-electron chi connectivity index (χ0n) is 17.1. The molecule has 0 aliphatic carbocycles. The lowest BCUT2D eigenvalue weighted by Gasteiger charge is -2.23. The van der Waals surface area contributed by atoms with E-state index in [1.165, 1.54) is 6.92 Å². The molecule has 9 heteroatoms. The molecule has 2 amide bonds. The molecule has 7 nitrogen and oxygen atoms in total. The topological polar surface area (TPSA) is 91.0 Å². The minimum absolute atomic E-state index is 0.0399. The summed E-state index contributed by atoms with van der Waals surface area (Å²) in [7, 11) is 0. The van der Waals surface area contributed by atoms with Crippen LogP contribution >= 0.6 is 22.9 Å². The van der Waals surface area contributed by atoms with Gasteiger partial charge in [-0.05, 0) is 76.5 Å². The van der Waals surface area contributed by atoms with E-state index in [9.17, 15) is 14.9 Å². The largest absolute Gasteiger partial charge is 0.326 e. The number of benzene rings is 2. The van der Waals surface area contributed by atoms with Crippen molar-refractivity contribution in [1.29, 1.82) is 5.26 Å². The van der Waals surface area contributed by atoms with E-state index in [-0.39, 0.29) is 23.6 Å². The zero-order valence-corrected chi connectivity index (χ0v) is 18.7. The van der Waals surface area contributed by atoms with Gasteiger partial charge in [-0.2, -0.15) is 16.6 Å². The number of carbonyl (C=O) groups is 2. The number of amides is 2. The number of nitrogens with one attached hydrogen (secondary N) is 1. The number of hydrogen-bond donors (Lipinski definition) is 1. The Balaban J connectivity index is 1.66. The molecular formula is C23H18ClN5O2S. The van der Waals surface area contributed by atoms with Gasteiger partial charge in [-0.1, -0.05) is 0 Å². The first-order valence-electron chi connectivity index (χ1n) is 9.69. The molecule has 2 aromatic heterocycles. The molecule has 2 heterocycles. The summed E-state index contributed by atoms with van der Waals surface area (Å²) in [6.45, 7) is 1.79. The van der Waals surface area contributed by atoms with E-state index >= 15 is 0 Å². The maximum Gasteiger partial charge on any atom is 0.247 e. The second kappa shape index (κ2) is 9.22. The molecule has 0 saturated heterocycles. The first-order chi connectivity index (χ1) is 15.4. The van der Waals surface area contributed by atoms with Crippen LogP contribution < -0.4 is 10.2 Å². The molecule has 0 aliphatic rings. The maximum absolute atomic E-state index is 13.4. The monoisotopic (exact) mass is 463 g/mol. The Morgan fingerprint density at radius 3 is 2.66 bits per heavy atom. The highest BCUT2D eigenvalue weighted by atomic mass is 35.5. The fourth-order valence-corrected chi connectivity index (χ4v) is 4.25. The molecule has 0 atom stereocenters. The molecule has 0 spiro atoms. The maximum atomic E-state index is 13.4. The van der Waals surface area contributed by atoms with Gasteiger partial charge in [0.15, 0.2) is 0 Å². The lowest BCUT2D eigenvalue weighted by Crippen LogP contribution is -2.33. The Hall–Kier alpha value is -3.67. The molecule has 0 radical (unpaired) electrons. The van der Waals surface area contributed by atoms with Gasteiger partial charge in [-0.3, -0.25) is 9.59 Å². The highest BCUT2D eigenvalue weighted by Gasteiger charge is 2.20. The van der Waals surface area contributed by atoms with Crippen molar-refractivity contribution >= 4 is 57.2 Å². The van der Waals surface area contributed by atoms with Gasteiger partial charge in [0.05, 0.1) is 29.2 Å². The van der Waals surface area contributed by atoms with Gasteiger partial charge in [0, 0.05) is 18.3 Å². The predicted molar refractivity (Wildman–Crippen MR) is 126 cm³/mol. The Labute approximate surface area is 193 Å². The van der Waals surface area contributed by atoms with Crippen LogP contribution in [-0.4, -0.2) is 21.4 Å². The number of fused-ring (bicyclic) bond motifs is 1. The van der Waals surface area contributed by atoms with Crippen LogP contribution in [0.3, 0.4) is 0 Å². The molecule has 4 rings (SSSR count). The van der Waals surface area contributed by atoms with Gasteiger partial charge in [0.1, 0.15) is 6.54 Å². The van der Waals surface area contributed by atoms with E-state index in [2.05, 4.69) is 16.4 Å². The van der Waals surface area contributed by atoms with Crippen LogP contribution in [-0.2, 0) is 22.7 Å². The molecular weight excluding hydrogens is 446 g/mol. The van der Waals surface area contributed by atoms with Crippen LogP contribution in [0.15, 0.2) is 59.3 Å². The third-order valence-corrected chi connectivity index (χ3v) is 5.87. The summed E-state index contributed by atoms with van der Waals surface area (Å²) < 4.78 is 1.60. The van der Waals surface area contributed by atoms with E-state index < -0.39 is 0 Å². The number of aromatic nitrogens is 2. The second-order valence-electron chi connectivity index (χ2n) is 7.12. The van der Waals surface area contributed by atoms with Crippen molar-refractivity contribution in [3.63, 3.8) is 0 Å². The van der Waals surface area contributed by atoms with E-state index in [1.54, 1.807) is 63.3 Å². The normalized spacial score (nSPS) is 10.7. The summed E-state index contributed by atoms with van der Waals surface area (Å²) in [6.07, 6.45) is 0. The van der Waals surface area contributed by atoms with Gasteiger partial charge in [-0.25, -0.2) is 4.98 Å². The number of anilines is 2. The zero-order chi connectivity index (χ0) is 22.7. The summed E-state index contributed by atoms with van der Waals surface area (Å²) >= 11 is 7.89. The molecule has 4 aromatic rings. The van der Waals surface area contributed by atoms with Crippen molar-refractivity contribution in [3.05, 3.63) is 75.7 Å². The molecule has 160 valence electrons. The SMILES string of the molecule is CC(=O)Nc1ccc(N(Cc2ccsc2)C(=O)Cn2c(Cl)nc3ccc(C#N)cc32)cc1. The van der Waals surface area contributed by atoms with Gasteiger partial charge in [0.2, 0.25) is 17.1 Å². The molecule has 2 aromatic carbocycles. The predicted octanol–water partition coefficient (Wildman–Crippen LogP) is 4.81. The Morgan fingerprint density at radius 2 is 2.00 bits per heavy atom. The number of carbonyl (C=O) groups excluding carboxylic acids is 2. The van der Waals surface area contributed by atoms with Crippen LogP contribution in [0.2, 0.25) is 5.28 Å². The molecule has 0 bridgehead atoms. The van der Waals surface area contributed by atoms with Crippen LogP contribution in [0.5, 0.6) is 0 Å². The van der Waals surface area contributed by atoms with Crippen molar-refractivity contribution in [2.24, 2.45) is 0 Å². The molecule has 0 unspecified atom stereocenters. The van der Waals surface area contributed by atoms with E-state index in [0.717, 1.165) is 5.56 Å². The van der Waals surface area contributed by atoms with Gasteiger partial charge in [-0.15, -0.1) is 0 Å². The average molecular weight is 464 g/mol. The van der Waals surface area contributed by atoms with Crippen molar-refractivity contribution in [2.75, 3.05) is 10.2 Å². The first-order valence-corrected chi connectivity index (χ1v) is 11.0. The third-order valence-electron chi connectivity index (χ3n) is 4.85. The number of halogens is 1. The highest BCUT2D eigenvalue weighted by molar-refractivity contribution is 7.07. The Kier molecular flexibility index (Phi) is 6.21. The van der Waals surface area contributed by atoms with Crippen LogP contribution in [0.25, 0.3) is 11.0 Å². The van der Waals surface area contributed by atoms with E-state index in [1.807, 2.05) is 16.8 Å². The van der Waals surface area contributed by atoms with Crippen molar-refractivity contribution < 1.29 is 9.59 Å². The van der Waals surface area contributed by atoms with E-state index in [4.69, 9.17) is 11.6 Å². The molecule has 1 N–H and O–H groups in total. The number of imidazole rings is 1. The Bertz CT molecular complexity index is 1320. The summed E-state index contributed by atoms with van der Waals surface area (Å²) in [5.74, 6) is -0.352. The molecule has 0 aliphatic heterocycles. The standard InChI is InChI=1S/C23H18ClN5O2S/c1-15(30)26-18-3-5-19(6-4-18)28(12-17-8-9-32-14-17)22(31)13-29-21-10-16(11-25)2-7-20(21)27-23(29)24/h2-10,14H,12-13H2,1H3,(H,26,30). The van der Waals surface area contributed by atoms with Crippen LogP contribution in [0.1, 0.15) is 18.1 Å². The molecule has 0 fully saturated rings. The third kappa shape index (κ3) is 4.64. The summed E-state index contributed by atoms with van der Waals surface area (Å²) in [5, 5.41) is 16.1. The molecule has 32 heavy (non-hydrogen) atoms. The van der Waals surface area contributed by atoms with Crippen molar-refractivity contribution in [1.82, 2.24) is 9.55 Å². The Morgan fingerprint density at radius 1 is 1.22 bits per heavy atom. The number of nitriles is 1. The average Bonchev–Trinajstić information content (AvgIpc) is 3.39. The fourth-order valence-electron chi connectivity index (χ4n) is 3.35. The number of hydrogen-bond acceptors (Lipinski definition) is 5. The minimum Gasteiger partial charge on any atom is -0.326 e. The second-order valence-corrected chi connectivity index (χ2v) is 8.24. The van der Waals surface area contributed by atoms with Crippen LogP contribution in [0.4, 0.5) is 11.4 Å². The fraction of sp³-hybridized carbons (Fsp3) is 0.130. The molecule has 0 saturated carbocycles. The van der Waals surface area contributed by atoms with Crippen LogP contribution in [0, 0.1) is 11.3 Å². The number of thiophene rings is 1. The van der Waals surface area contributed by atoms with Gasteiger partial charge >= 0.3 is 0 Å². The summed E-state index contributed by atoms with van der Waals surface area (Å²) in [4.78, 5) is 30.7. The minimum atomic E-state index is -0.188. The highest BCUT2D eigenvalue weighted by Crippen LogP contribution is 2.25. The smallest absolute Gasteiger partial charge is 0.247 e. The lowest BCUT2D eigenvalue weighted by molar-refractivity contribution is -0.119. The number of nitrogens with zero attached hydrogens (tertiary/aromatic N) is 4. The first kappa shape index (κ1) is 21.6. The summed E-state index contributed by atoms with van der Waals surface area (Å²) in [5.41, 5.74) is 4.05. The van der Waals surface area contributed by atoms with E-state index in [0.29, 0.717) is 34.5 Å². The van der Waals surface area contributed by atoms with Gasteiger partial charge in [0.25, 0.3) is 0 Å². The van der Waals surface area contributed by atoms with Crippen molar-refractivity contribution in [2.45, 2.75) is 20.0 Å². The summed E-state index contributed by atoms with van der Waals surface area (Å²) in [6, 6.07) is 16.2. The van der Waals surface area contributed by atoms with Gasteiger partial charge < -0.3 is 14.8 Å². The van der Waals surface area contributed by atoms with Crippen molar-refractivity contribution in [3.8, 4) is 6.07 Å². The quantitative estimate of drug-likeness (QED) is 0.444. The lowest BCUT2D eigenvalue weighted by atomic mass is 10.2.